The van der Waals surface area contributed by atoms with Gasteiger partial charge < -0.3 is 25.0 Å². The molecule has 1 aliphatic carbocycles. The van der Waals surface area contributed by atoms with E-state index in [9.17, 15) is 9.18 Å². The maximum Gasteiger partial charge on any atom is 0.323 e. The average Bonchev–Trinajstić information content (AvgIpc) is 3.57. The monoisotopic (exact) mass is 539 g/mol. The number of hydrogen-bond donors (Lipinski definition) is 3. The number of halogens is 1. The molecule has 1 amide bonds. The predicted molar refractivity (Wildman–Crippen MR) is 138 cm³/mol. The fourth-order valence-corrected chi connectivity index (χ4v) is 4.63. The first-order valence-corrected chi connectivity index (χ1v) is 13.1. The van der Waals surface area contributed by atoms with Gasteiger partial charge >= 0.3 is 6.01 Å². The molecule has 206 valence electrons. The molecule has 3 N–H and O–H groups in total. The van der Waals surface area contributed by atoms with E-state index in [0.29, 0.717) is 38.1 Å². The number of H-pyrrole nitrogens is 1. The number of morpholine rings is 1. The Morgan fingerprint density at radius 2 is 2.05 bits per heavy atom. The van der Waals surface area contributed by atoms with Gasteiger partial charge in [-0.15, -0.1) is 0 Å². The fraction of sp³-hybridized carbons (Fsp3) is 0.542. The lowest BCUT2D eigenvalue weighted by molar-refractivity contribution is -0.117. The molecule has 0 radical (unpaired) electrons. The van der Waals surface area contributed by atoms with Crippen molar-refractivity contribution in [1.29, 1.82) is 0 Å². The molecule has 2 saturated heterocycles. The van der Waals surface area contributed by atoms with Crippen molar-refractivity contribution in [1.82, 2.24) is 40.0 Å². The molecule has 2 aliphatic heterocycles. The molecular formula is C24H30FN11O3. The van der Waals surface area contributed by atoms with E-state index in [1.807, 2.05) is 6.07 Å². The van der Waals surface area contributed by atoms with Crippen LogP contribution in [0.5, 0.6) is 6.01 Å². The molecule has 3 aliphatic rings. The molecule has 14 nitrogen and oxygen atoms in total. The molecule has 15 heteroatoms. The Kier molecular flexibility index (Phi) is 7.40. The zero-order valence-corrected chi connectivity index (χ0v) is 21.3. The molecule has 1 unspecified atom stereocenters. The maximum absolute atomic E-state index is 14.7. The van der Waals surface area contributed by atoms with Crippen molar-refractivity contribution in [3.63, 3.8) is 0 Å². The second kappa shape index (κ2) is 11.4. The third-order valence-electron chi connectivity index (χ3n) is 6.82. The third kappa shape index (κ3) is 6.37. The predicted octanol–water partition coefficient (Wildman–Crippen LogP) is 1.27. The molecule has 5 heterocycles. The number of amides is 1. The van der Waals surface area contributed by atoms with E-state index < -0.39 is 18.1 Å². The molecule has 3 aromatic rings. The van der Waals surface area contributed by atoms with Gasteiger partial charge in [0.25, 0.3) is 0 Å². The average molecular weight is 540 g/mol. The number of nitrogens with zero attached hydrogens (tertiary/aromatic N) is 8. The highest BCUT2D eigenvalue weighted by Gasteiger charge is 2.39. The van der Waals surface area contributed by atoms with E-state index in [2.05, 4.69) is 50.7 Å². The summed E-state index contributed by atoms with van der Waals surface area (Å²) in [4.78, 5) is 38.3. The van der Waals surface area contributed by atoms with Gasteiger partial charge in [-0.2, -0.15) is 20.1 Å². The van der Waals surface area contributed by atoms with Crippen LogP contribution in [0.3, 0.4) is 0 Å². The molecular weight excluding hydrogens is 509 g/mol. The van der Waals surface area contributed by atoms with E-state index in [4.69, 9.17) is 9.47 Å². The smallest absolute Gasteiger partial charge is 0.323 e. The molecule has 0 aromatic carbocycles. The number of rotatable bonds is 10. The molecule has 3 fully saturated rings. The van der Waals surface area contributed by atoms with Crippen molar-refractivity contribution in [2.45, 2.75) is 37.4 Å². The summed E-state index contributed by atoms with van der Waals surface area (Å²) in [6, 6.07) is 1.14. The van der Waals surface area contributed by atoms with Crippen molar-refractivity contribution >= 4 is 29.4 Å². The summed E-state index contributed by atoms with van der Waals surface area (Å²) < 4.78 is 26.0. The minimum atomic E-state index is -1.24. The summed E-state index contributed by atoms with van der Waals surface area (Å²) >= 11 is 0. The van der Waals surface area contributed by atoms with Gasteiger partial charge in [0.05, 0.1) is 26.0 Å². The molecule has 1 saturated carbocycles. The molecule has 0 spiro atoms. The highest BCUT2D eigenvalue weighted by molar-refractivity contribution is 5.96. The first-order chi connectivity index (χ1) is 19.1. The second-order valence-corrected chi connectivity index (χ2v) is 9.73. The van der Waals surface area contributed by atoms with Crippen LogP contribution in [0.15, 0.2) is 24.7 Å². The Morgan fingerprint density at radius 1 is 1.18 bits per heavy atom. The van der Waals surface area contributed by atoms with Crippen LogP contribution in [-0.4, -0.2) is 104 Å². The zero-order valence-electron chi connectivity index (χ0n) is 21.3. The zero-order chi connectivity index (χ0) is 26.6. The van der Waals surface area contributed by atoms with Crippen LogP contribution in [0.2, 0.25) is 0 Å². The third-order valence-corrected chi connectivity index (χ3v) is 6.82. The second-order valence-electron chi connectivity index (χ2n) is 9.73. The molecule has 3 aromatic heterocycles. The van der Waals surface area contributed by atoms with Crippen LogP contribution in [0, 0.1) is 0 Å². The van der Waals surface area contributed by atoms with Crippen LogP contribution in [0.25, 0.3) is 0 Å². The standard InChI is InChI=1S/C24H30FN11O3/c25-16-11-18(21(37)28-20-13-26-3-4-27-20)36(14-16)23-30-22(29-19-12-17(33-34-19)15-1-2-15)31-24(32-23)39-10-7-35-5-8-38-9-6-35/h3-4,12-13,15-16,18H,1-2,5-11,14H2,(H,27,28,37)(H2,29,30,31,32,33,34)/t16-,18?/m1/s1. The number of hydrogen-bond acceptors (Lipinski definition) is 12. The van der Waals surface area contributed by atoms with Crippen LogP contribution < -0.4 is 20.3 Å². The Morgan fingerprint density at radius 3 is 2.85 bits per heavy atom. The van der Waals surface area contributed by atoms with Crippen molar-refractivity contribution in [2.24, 2.45) is 0 Å². The van der Waals surface area contributed by atoms with Crippen LogP contribution in [0.4, 0.5) is 27.9 Å². The number of carbonyl (C=O) groups excluding carboxylic acids is 1. The summed E-state index contributed by atoms with van der Waals surface area (Å²) in [5.74, 6) is 1.22. The minimum Gasteiger partial charge on any atom is -0.462 e. The number of nitrogens with one attached hydrogen (secondary N) is 3. The lowest BCUT2D eigenvalue weighted by atomic mass is 10.2. The first-order valence-electron chi connectivity index (χ1n) is 13.1. The SMILES string of the molecule is O=C(Nc1cnccn1)C1C[C@@H](F)CN1c1nc(Nc2cc(C3CC3)[nH]n2)nc(OCCN2CCOCC2)n1. The van der Waals surface area contributed by atoms with Gasteiger partial charge in [0.1, 0.15) is 18.8 Å². The van der Waals surface area contributed by atoms with Crippen molar-refractivity contribution in [3.05, 3.63) is 30.4 Å². The quantitative estimate of drug-likeness (QED) is 0.339. The Bertz CT molecular complexity index is 1270. The molecule has 0 bridgehead atoms. The highest BCUT2D eigenvalue weighted by Crippen LogP contribution is 2.39. The van der Waals surface area contributed by atoms with Crippen LogP contribution in [-0.2, 0) is 9.53 Å². The Labute approximate surface area is 223 Å². The molecule has 6 rings (SSSR count). The van der Waals surface area contributed by atoms with Gasteiger partial charge in [-0.25, -0.2) is 9.37 Å². The fourth-order valence-electron chi connectivity index (χ4n) is 4.63. The number of aromatic amines is 1. The van der Waals surface area contributed by atoms with Gasteiger partial charge in [0.2, 0.25) is 17.8 Å². The van der Waals surface area contributed by atoms with Crippen molar-refractivity contribution < 1.29 is 18.7 Å². The first kappa shape index (κ1) is 25.3. The van der Waals surface area contributed by atoms with Crippen LogP contribution >= 0.6 is 0 Å². The summed E-state index contributed by atoms with van der Waals surface area (Å²) in [5, 5.41) is 13.1. The topological polar surface area (TPSA) is 159 Å². The number of aromatic nitrogens is 7. The highest BCUT2D eigenvalue weighted by atomic mass is 19.1. The van der Waals surface area contributed by atoms with Gasteiger partial charge in [-0.3, -0.25) is 19.8 Å². The number of alkyl halides is 1. The van der Waals surface area contributed by atoms with E-state index in [0.717, 1.165) is 31.6 Å². The summed E-state index contributed by atoms with van der Waals surface area (Å²) in [6.45, 7) is 4.01. The van der Waals surface area contributed by atoms with E-state index in [-0.39, 0.29) is 36.7 Å². The minimum absolute atomic E-state index is 0.0160. The normalized spacial score (nSPS) is 21.6. The van der Waals surface area contributed by atoms with E-state index in [1.54, 1.807) is 0 Å². The van der Waals surface area contributed by atoms with Gasteiger partial charge in [-0.05, 0) is 12.8 Å². The number of anilines is 4. The summed E-state index contributed by atoms with van der Waals surface area (Å²) in [7, 11) is 0. The van der Waals surface area contributed by atoms with Crippen molar-refractivity contribution in [2.75, 3.05) is 61.5 Å². The largest absolute Gasteiger partial charge is 0.462 e. The van der Waals surface area contributed by atoms with Crippen LogP contribution in [0.1, 0.15) is 30.9 Å². The van der Waals surface area contributed by atoms with Crippen molar-refractivity contribution in [3.8, 4) is 6.01 Å². The van der Waals surface area contributed by atoms with E-state index >= 15 is 0 Å². The lowest BCUT2D eigenvalue weighted by Gasteiger charge is -2.26. The lowest BCUT2D eigenvalue weighted by Crippen LogP contribution is -2.41. The van der Waals surface area contributed by atoms with Gasteiger partial charge in [0, 0.05) is 56.1 Å². The Hall–Kier alpha value is -3.98. The Balaban J connectivity index is 1.22. The summed E-state index contributed by atoms with van der Waals surface area (Å²) in [5.41, 5.74) is 1.05. The number of carbonyl (C=O) groups is 1. The molecule has 2 atom stereocenters. The number of ether oxygens (including phenoxy) is 2. The van der Waals surface area contributed by atoms with Gasteiger partial charge in [0.15, 0.2) is 11.6 Å². The molecule has 39 heavy (non-hydrogen) atoms. The summed E-state index contributed by atoms with van der Waals surface area (Å²) in [6.07, 6.45) is 5.41. The van der Waals surface area contributed by atoms with Gasteiger partial charge in [-0.1, -0.05) is 0 Å². The maximum atomic E-state index is 14.7. The van der Waals surface area contributed by atoms with E-state index in [1.165, 1.54) is 23.5 Å².